The molecule has 0 saturated carbocycles. The highest BCUT2D eigenvalue weighted by Gasteiger charge is 2.13. The number of rotatable bonds is 6. The predicted molar refractivity (Wildman–Crippen MR) is 86.7 cm³/mol. The van der Waals surface area contributed by atoms with Gasteiger partial charge in [-0.05, 0) is 20.8 Å². The highest BCUT2D eigenvalue weighted by atomic mass is 16.2. The van der Waals surface area contributed by atoms with Crippen molar-refractivity contribution in [1.82, 2.24) is 30.7 Å². The molecule has 0 unspecified atom stereocenters. The number of hydrogen-bond acceptors (Lipinski definition) is 4. The molecule has 1 heterocycles. The largest absolute Gasteiger partial charge is 0.355 e. The van der Waals surface area contributed by atoms with Crippen molar-refractivity contribution in [3.8, 4) is 0 Å². The van der Waals surface area contributed by atoms with Crippen molar-refractivity contribution >= 4 is 11.9 Å². The Balaban J connectivity index is 2.33. The number of aromatic nitrogens is 3. The average molecular weight is 309 g/mol. The molecule has 0 radical (unpaired) electrons. The zero-order chi connectivity index (χ0) is 16.6. The van der Waals surface area contributed by atoms with Gasteiger partial charge in [0.2, 0.25) is 5.91 Å². The van der Waals surface area contributed by atoms with Gasteiger partial charge in [-0.25, -0.2) is 0 Å². The lowest BCUT2D eigenvalue weighted by atomic mass is 10.1. The van der Waals surface area contributed by atoms with Crippen molar-refractivity contribution in [2.45, 2.75) is 46.2 Å². The molecular formula is C14H27N7O. The molecule has 1 aromatic heterocycles. The molecular weight excluding hydrogens is 282 g/mol. The fraction of sp³-hybridized carbons (Fsp3) is 0.714. The molecule has 3 N–H and O–H groups in total. The van der Waals surface area contributed by atoms with Gasteiger partial charge >= 0.3 is 0 Å². The third-order valence-electron chi connectivity index (χ3n) is 2.81. The van der Waals surface area contributed by atoms with Crippen LogP contribution in [-0.4, -0.2) is 52.3 Å². The van der Waals surface area contributed by atoms with Gasteiger partial charge in [-0.15, -0.1) is 10.2 Å². The van der Waals surface area contributed by atoms with E-state index in [4.69, 9.17) is 0 Å². The summed E-state index contributed by atoms with van der Waals surface area (Å²) in [6.45, 7) is 9.48. The van der Waals surface area contributed by atoms with E-state index in [9.17, 15) is 4.79 Å². The molecule has 22 heavy (non-hydrogen) atoms. The quantitative estimate of drug-likeness (QED) is 0.504. The van der Waals surface area contributed by atoms with Crippen molar-refractivity contribution in [2.24, 2.45) is 4.99 Å². The Morgan fingerprint density at radius 3 is 2.68 bits per heavy atom. The Hall–Kier alpha value is -2.12. The van der Waals surface area contributed by atoms with Crippen LogP contribution in [0.1, 0.15) is 33.5 Å². The Bertz CT molecular complexity index is 502. The van der Waals surface area contributed by atoms with Crippen LogP contribution in [0.3, 0.4) is 0 Å². The number of aryl methyl sites for hydroxylation is 1. The lowest BCUT2D eigenvalue weighted by Crippen LogP contribution is -2.48. The van der Waals surface area contributed by atoms with Gasteiger partial charge < -0.3 is 20.5 Å². The molecule has 8 nitrogen and oxygen atoms in total. The SMILES string of the molecule is CCc1nncn1CCNC(=NC)NCC(=O)NC(C)(C)C. The molecule has 1 amide bonds. The summed E-state index contributed by atoms with van der Waals surface area (Å²) in [4.78, 5) is 15.8. The number of carbonyl (C=O) groups is 1. The maximum absolute atomic E-state index is 11.7. The number of amides is 1. The monoisotopic (exact) mass is 309 g/mol. The maximum atomic E-state index is 11.7. The van der Waals surface area contributed by atoms with Gasteiger partial charge in [-0.2, -0.15) is 0 Å². The van der Waals surface area contributed by atoms with Crippen LogP contribution < -0.4 is 16.0 Å². The topological polar surface area (TPSA) is 96.2 Å². The molecule has 0 fully saturated rings. The number of nitrogens with one attached hydrogen (secondary N) is 3. The van der Waals surface area contributed by atoms with E-state index in [1.165, 1.54) is 0 Å². The Kier molecular flexibility index (Phi) is 6.81. The zero-order valence-electron chi connectivity index (χ0n) is 14.1. The van der Waals surface area contributed by atoms with E-state index >= 15 is 0 Å². The summed E-state index contributed by atoms with van der Waals surface area (Å²) in [6.07, 6.45) is 2.56. The molecule has 0 aromatic carbocycles. The summed E-state index contributed by atoms with van der Waals surface area (Å²) in [5, 5.41) is 17.0. The standard InChI is InChI=1S/C14H27N7O/c1-6-11-20-18-10-21(11)8-7-16-13(15-5)17-9-12(22)19-14(2,3)4/h10H,6-9H2,1-5H3,(H,19,22)(H2,15,16,17). The molecule has 8 heteroatoms. The molecule has 1 rings (SSSR count). The predicted octanol–water partition coefficient (Wildman–Crippen LogP) is -0.0798. The van der Waals surface area contributed by atoms with Gasteiger partial charge in [-0.1, -0.05) is 6.92 Å². The molecule has 0 atom stereocenters. The number of carbonyl (C=O) groups excluding carboxylic acids is 1. The Morgan fingerprint density at radius 1 is 1.36 bits per heavy atom. The number of guanidine groups is 1. The van der Waals surface area contributed by atoms with Crippen molar-refractivity contribution < 1.29 is 4.79 Å². The van der Waals surface area contributed by atoms with Gasteiger partial charge in [0.15, 0.2) is 5.96 Å². The van der Waals surface area contributed by atoms with Crippen molar-refractivity contribution in [1.29, 1.82) is 0 Å². The summed E-state index contributed by atoms with van der Waals surface area (Å²) in [5.74, 6) is 1.48. The summed E-state index contributed by atoms with van der Waals surface area (Å²) in [6, 6.07) is 0. The summed E-state index contributed by atoms with van der Waals surface area (Å²) in [5.41, 5.74) is -0.235. The number of hydrogen-bond donors (Lipinski definition) is 3. The smallest absolute Gasteiger partial charge is 0.239 e. The van der Waals surface area contributed by atoms with Gasteiger partial charge in [0, 0.05) is 32.1 Å². The van der Waals surface area contributed by atoms with Gasteiger partial charge in [0.05, 0.1) is 6.54 Å². The molecule has 0 saturated heterocycles. The number of aliphatic imine (C=N–C) groups is 1. The van der Waals surface area contributed by atoms with Crippen LogP contribution >= 0.6 is 0 Å². The van der Waals surface area contributed by atoms with Crippen LogP contribution in [0.4, 0.5) is 0 Å². The summed E-state index contributed by atoms with van der Waals surface area (Å²) in [7, 11) is 1.67. The van der Waals surface area contributed by atoms with Gasteiger partial charge in [0.1, 0.15) is 12.2 Å². The second-order valence-corrected chi connectivity index (χ2v) is 5.94. The maximum Gasteiger partial charge on any atom is 0.239 e. The fourth-order valence-corrected chi connectivity index (χ4v) is 1.88. The van der Waals surface area contributed by atoms with Crippen molar-refractivity contribution in [3.63, 3.8) is 0 Å². The lowest BCUT2D eigenvalue weighted by Gasteiger charge is -2.21. The van der Waals surface area contributed by atoms with E-state index in [1.807, 2.05) is 32.3 Å². The van der Waals surface area contributed by atoms with E-state index in [0.717, 1.165) is 18.8 Å². The van der Waals surface area contributed by atoms with Crippen molar-refractivity contribution in [3.05, 3.63) is 12.2 Å². The third kappa shape index (κ3) is 6.55. The molecule has 0 aliphatic carbocycles. The van der Waals surface area contributed by atoms with Crippen LogP contribution in [0.15, 0.2) is 11.3 Å². The zero-order valence-corrected chi connectivity index (χ0v) is 14.1. The van der Waals surface area contributed by atoms with Crippen LogP contribution in [0.5, 0.6) is 0 Å². The van der Waals surface area contributed by atoms with E-state index in [-0.39, 0.29) is 18.0 Å². The first kappa shape index (κ1) is 17.9. The minimum absolute atomic E-state index is 0.0671. The van der Waals surface area contributed by atoms with Crippen molar-refractivity contribution in [2.75, 3.05) is 20.1 Å². The highest BCUT2D eigenvalue weighted by molar-refractivity contribution is 5.86. The van der Waals surface area contributed by atoms with E-state index in [0.29, 0.717) is 12.5 Å². The molecule has 0 aliphatic heterocycles. The number of nitrogens with zero attached hydrogens (tertiary/aromatic N) is 4. The lowest BCUT2D eigenvalue weighted by molar-refractivity contribution is -0.121. The van der Waals surface area contributed by atoms with Gasteiger partial charge in [0.25, 0.3) is 0 Å². The second kappa shape index (κ2) is 8.35. The van der Waals surface area contributed by atoms with E-state index in [1.54, 1.807) is 13.4 Å². The normalized spacial score (nSPS) is 12.1. The third-order valence-corrected chi connectivity index (χ3v) is 2.81. The Labute approximate surface area is 131 Å². The molecule has 0 bridgehead atoms. The van der Waals surface area contributed by atoms with E-state index in [2.05, 4.69) is 31.1 Å². The average Bonchev–Trinajstić information content (AvgIpc) is 2.88. The van der Waals surface area contributed by atoms with E-state index < -0.39 is 0 Å². The van der Waals surface area contributed by atoms with Gasteiger partial charge in [-0.3, -0.25) is 9.79 Å². The second-order valence-electron chi connectivity index (χ2n) is 5.94. The first-order chi connectivity index (χ1) is 10.4. The van der Waals surface area contributed by atoms with Crippen LogP contribution in [0.2, 0.25) is 0 Å². The minimum Gasteiger partial charge on any atom is -0.355 e. The summed E-state index contributed by atoms with van der Waals surface area (Å²) < 4.78 is 1.99. The van der Waals surface area contributed by atoms with Crippen LogP contribution in [0.25, 0.3) is 0 Å². The first-order valence-corrected chi connectivity index (χ1v) is 7.48. The minimum atomic E-state index is -0.235. The van der Waals surface area contributed by atoms with Crippen LogP contribution in [0, 0.1) is 0 Å². The molecule has 0 aliphatic rings. The highest BCUT2D eigenvalue weighted by Crippen LogP contribution is 1.97. The molecule has 124 valence electrons. The fourth-order valence-electron chi connectivity index (χ4n) is 1.88. The first-order valence-electron chi connectivity index (χ1n) is 7.48. The molecule has 0 spiro atoms. The summed E-state index contributed by atoms with van der Waals surface area (Å²) >= 11 is 0. The Morgan fingerprint density at radius 2 is 2.09 bits per heavy atom. The van der Waals surface area contributed by atoms with Crippen LogP contribution in [-0.2, 0) is 17.8 Å². The molecule has 1 aromatic rings.